The molecule has 1 saturated heterocycles. The summed E-state index contributed by atoms with van der Waals surface area (Å²) >= 11 is 0. The van der Waals surface area contributed by atoms with Crippen LogP contribution in [-0.2, 0) is 9.47 Å². The number of halogens is 1. The van der Waals surface area contributed by atoms with Gasteiger partial charge in [-0.3, -0.25) is 4.90 Å². The fourth-order valence-corrected chi connectivity index (χ4v) is 3.49. The van der Waals surface area contributed by atoms with Gasteiger partial charge in [-0.15, -0.1) is 18.8 Å². The topological polar surface area (TPSA) is 41.9 Å². The maximum atomic E-state index is 10.2. The van der Waals surface area contributed by atoms with E-state index < -0.39 is 11.7 Å². The first-order valence-corrected chi connectivity index (χ1v) is 8.20. The number of morpholine rings is 1. The van der Waals surface area contributed by atoms with Crippen molar-refractivity contribution in [1.82, 2.24) is 4.90 Å². The van der Waals surface area contributed by atoms with Crippen LogP contribution >= 0.6 is 12.4 Å². The van der Waals surface area contributed by atoms with Gasteiger partial charge < -0.3 is 14.6 Å². The van der Waals surface area contributed by atoms with E-state index >= 15 is 0 Å². The highest BCUT2D eigenvalue weighted by Gasteiger charge is 2.32. The first kappa shape index (κ1) is 19.7. The molecule has 1 aliphatic heterocycles. The van der Waals surface area contributed by atoms with Crippen molar-refractivity contribution in [2.75, 3.05) is 26.2 Å². The molecular weight excluding hydrogens is 302 g/mol. The largest absolute Gasteiger partial charge is 0.389 e. The monoisotopic (exact) mass is 331 g/mol. The summed E-state index contributed by atoms with van der Waals surface area (Å²) in [6.07, 6.45) is 10.9. The van der Waals surface area contributed by atoms with Crippen LogP contribution in [0, 0.1) is 12.3 Å². The number of aliphatic hydroxyl groups excluding tert-OH is 1. The van der Waals surface area contributed by atoms with Crippen LogP contribution in [0.3, 0.4) is 0 Å². The summed E-state index contributed by atoms with van der Waals surface area (Å²) in [5, 5.41) is 10.2. The first-order valence-electron chi connectivity index (χ1n) is 8.20. The lowest BCUT2D eigenvalue weighted by molar-refractivity contribution is -0.0969. The Morgan fingerprint density at radius 3 is 2.41 bits per heavy atom. The highest BCUT2D eigenvalue weighted by atomic mass is 35.5. The normalized spacial score (nSPS) is 30.1. The number of terminal acetylenes is 1. The maximum absolute atomic E-state index is 10.2. The minimum atomic E-state index is -0.491. The lowest BCUT2D eigenvalue weighted by Gasteiger charge is -2.37. The predicted molar refractivity (Wildman–Crippen MR) is 90.3 cm³/mol. The van der Waals surface area contributed by atoms with E-state index in [1.54, 1.807) is 0 Å². The molecule has 0 aromatic rings. The molecule has 2 aliphatic rings. The van der Waals surface area contributed by atoms with Crippen LogP contribution in [0.1, 0.15) is 46.0 Å². The third-order valence-electron chi connectivity index (χ3n) is 4.44. The molecule has 5 heteroatoms. The molecule has 1 N–H and O–H groups in total. The van der Waals surface area contributed by atoms with Crippen molar-refractivity contribution in [3.05, 3.63) is 0 Å². The van der Waals surface area contributed by atoms with E-state index in [9.17, 15) is 5.11 Å². The van der Waals surface area contributed by atoms with E-state index in [1.165, 1.54) is 6.42 Å². The second-order valence-corrected chi connectivity index (χ2v) is 6.64. The van der Waals surface area contributed by atoms with Gasteiger partial charge in [-0.05, 0) is 39.5 Å². The molecule has 0 radical (unpaired) electrons. The third-order valence-corrected chi connectivity index (χ3v) is 4.44. The molecule has 0 bridgehead atoms. The number of nitrogens with zero attached hydrogens (tertiary/aromatic N) is 1. The molecular formula is C17H30ClNO3. The number of β-amino-alcohol motifs (C(OH)–C–C–N with tert-alkyl or cyclic N) is 1. The second-order valence-electron chi connectivity index (χ2n) is 6.64. The van der Waals surface area contributed by atoms with Gasteiger partial charge in [-0.1, -0.05) is 12.3 Å². The molecule has 2 fully saturated rings. The average molecular weight is 332 g/mol. The molecule has 3 atom stereocenters. The highest BCUT2D eigenvalue weighted by Crippen LogP contribution is 2.31. The predicted octanol–water partition coefficient (Wildman–Crippen LogP) is 2.23. The molecule has 3 unspecified atom stereocenters. The Morgan fingerprint density at radius 2 is 1.86 bits per heavy atom. The van der Waals surface area contributed by atoms with E-state index in [2.05, 4.69) is 24.7 Å². The third kappa shape index (κ3) is 5.72. The fourth-order valence-electron chi connectivity index (χ4n) is 3.49. The molecule has 1 saturated carbocycles. The molecule has 0 spiro atoms. The van der Waals surface area contributed by atoms with Gasteiger partial charge in [0.2, 0.25) is 0 Å². The lowest BCUT2D eigenvalue weighted by Crippen LogP contribution is -2.49. The Hall–Kier alpha value is -0.310. The van der Waals surface area contributed by atoms with E-state index in [1.807, 2.05) is 0 Å². The van der Waals surface area contributed by atoms with Crippen molar-refractivity contribution >= 4 is 12.4 Å². The van der Waals surface area contributed by atoms with Crippen LogP contribution in [0.4, 0.5) is 0 Å². The zero-order chi connectivity index (χ0) is 15.3. The van der Waals surface area contributed by atoms with E-state index in [-0.39, 0.29) is 24.6 Å². The zero-order valence-electron chi connectivity index (χ0n) is 13.8. The van der Waals surface area contributed by atoms with Crippen LogP contribution in [0.2, 0.25) is 0 Å². The fraction of sp³-hybridized carbons (Fsp3) is 0.882. The van der Waals surface area contributed by atoms with Crippen molar-refractivity contribution in [2.45, 2.75) is 69.9 Å². The minimum absolute atomic E-state index is 0. The van der Waals surface area contributed by atoms with Gasteiger partial charge >= 0.3 is 0 Å². The Balaban J connectivity index is 0.00000242. The summed E-state index contributed by atoms with van der Waals surface area (Å²) in [5.74, 6) is 2.82. The molecule has 2 rings (SSSR count). The summed E-state index contributed by atoms with van der Waals surface area (Å²) in [5.41, 5.74) is -0.440. The summed E-state index contributed by atoms with van der Waals surface area (Å²) in [6.45, 7) is 6.81. The molecule has 4 nitrogen and oxygen atoms in total. The lowest BCUT2D eigenvalue weighted by atomic mass is 9.85. The molecule has 0 aromatic carbocycles. The number of ether oxygens (including phenoxy) is 2. The van der Waals surface area contributed by atoms with Crippen LogP contribution < -0.4 is 0 Å². The highest BCUT2D eigenvalue weighted by molar-refractivity contribution is 5.85. The van der Waals surface area contributed by atoms with Crippen molar-refractivity contribution in [3.63, 3.8) is 0 Å². The van der Waals surface area contributed by atoms with Gasteiger partial charge in [0.1, 0.15) is 5.60 Å². The molecule has 1 aliphatic carbocycles. The summed E-state index contributed by atoms with van der Waals surface area (Å²) in [7, 11) is 0. The van der Waals surface area contributed by atoms with Gasteiger partial charge in [-0.2, -0.15) is 0 Å². The standard InChI is InChI=1S/C17H29NO3.ClH/c1-4-17(8-6-5-7-9-17)20-13-16(19)12-18-10-14(2)21-15(3)11-18;/h1,14-16,19H,5-13H2,2-3H3;1H. The zero-order valence-corrected chi connectivity index (χ0v) is 14.6. The number of rotatable bonds is 5. The molecule has 0 aromatic heterocycles. The van der Waals surface area contributed by atoms with Crippen molar-refractivity contribution in [3.8, 4) is 12.3 Å². The van der Waals surface area contributed by atoms with Gasteiger partial charge in [0.15, 0.2) is 0 Å². The van der Waals surface area contributed by atoms with Gasteiger partial charge in [0.25, 0.3) is 0 Å². The van der Waals surface area contributed by atoms with Crippen molar-refractivity contribution < 1.29 is 14.6 Å². The van der Waals surface area contributed by atoms with Crippen LogP contribution in [0.5, 0.6) is 0 Å². The second kappa shape index (κ2) is 9.10. The van der Waals surface area contributed by atoms with E-state index in [0.717, 1.165) is 38.8 Å². The van der Waals surface area contributed by atoms with Crippen molar-refractivity contribution in [2.24, 2.45) is 0 Å². The Morgan fingerprint density at radius 1 is 1.27 bits per heavy atom. The average Bonchev–Trinajstić information content (AvgIpc) is 2.45. The Labute approximate surface area is 141 Å². The molecule has 1 heterocycles. The quantitative estimate of drug-likeness (QED) is 0.784. The SMILES string of the molecule is C#CC1(OCC(O)CN2CC(C)OC(C)C2)CCCCC1.Cl. The van der Waals surface area contributed by atoms with Crippen LogP contribution in [0.15, 0.2) is 0 Å². The minimum Gasteiger partial charge on any atom is -0.389 e. The van der Waals surface area contributed by atoms with E-state index in [4.69, 9.17) is 15.9 Å². The summed E-state index contributed by atoms with van der Waals surface area (Å²) < 4.78 is 11.6. The first-order chi connectivity index (χ1) is 10.0. The van der Waals surface area contributed by atoms with E-state index in [0.29, 0.717) is 13.2 Å². The molecule has 0 amide bonds. The van der Waals surface area contributed by atoms with Crippen molar-refractivity contribution in [1.29, 1.82) is 0 Å². The maximum Gasteiger partial charge on any atom is 0.128 e. The number of hydrogen-bond donors (Lipinski definition) is 1. The van der Waals surface area contributed by atoms with Gasteiger partial charge in [-0.25, -0.2) is 0 Å². The van der Waals surface area contributed by atoms with Gasteiger partial charge in [0.05, 0.1) is 24.9 Å². The van der Waals surface area contributed by atoms with Crippen LogP contribution in [-0.4, -0.2) is 60.2 Å². The smallest absolute Gasteiger partial charge is 0.128 e. The Bertz CT molecular complexity index is 355. The van der Waals surface area contributed by atoms with Crippen LogP contribution in [0.25, 0.3) is 0 Å². The number of aliphatic hydroxyl groups is 1. The molecule has 128 valence electrons. The number of hydrogen-bond acceptors (Lipinski definition) is 4. The summed E-state index contributed by atoms with van der Waals surface area (Å²) in [4.78, 5) is 2.25. The molecule has 22 heavy (non-hydrogen) atoms. The summed E-state index contributed by atoms with van der Waals surface area (Å²) in [6, 6.07) is 0. The Kier molecular flexibility index (Phi) is 8.16. The van der Waals surface area contributed by atoms with Gasteiger partial charge in [0, 0.05) is 19.6 Å².